The monoisotopic (exact) mass is 644 g/mol. The van der Waals surface area contributed by atoms with E-state index in [1.165, 1.54) is 25.3 Å². The molecule has 0 atom stereocenters. The summed E-state index contributed by atoms with van der Waals surface area (Å²) in [4.78, 5) is 38.5. The molecular weight excluding hydrogens is 628 g/mol. The number of alkyl halides is 3. The van der Waals surface area contributed by atoms with Crippen LogP contribution in [0.2, 0.25) is 15.1 Å². The number of hydrogen-bond acceptors (Lipinski definition) is 6. The van der Waals surface area contributed by atoms with E-state index in [1.54, 1.807) is 24.3 Å². The maximum Gasteiger partial charge on any atom is 0.416 e. The molecule has 1 aliphatic rings. The molecule has 0 saturated carbocycles. The van der Waals surface area contributed by atoms with Crippen LogP contribution in [-0.4, -0.2) is 35.6 Å². The summed E-state index contributed by atoms with van der Waals surface area (Å²) < 4.78 is 50.0. The molecule has 1 fully saturated rings. The highest BCUT2D eigenvalue weighted by molar-refractivity contribution is 8.18. The molecule has 214 valence electrons. The van der Waals surface area contributed by atoms with E-state index in [2.05, 4.69) is 5.32 Å². The van der Waals surface area contributed by atoms with Gasteiger partial charge in [-0.15, -0.1) is 0 Å². The van der Waals surface area contributed by atoms with Gasteiger partial charge in [0, 0.05) is 21.3 Å². The average molecular weight is 646 g/mol. The third-order valence-corrected chi connectivity index (χ3v) is 7.36. The zero-order valence-electron chi connectivity index (χ0n) is 20.9. The van der Waals surface area contributed by atoms with E-state index < -0.39 is 35.3 Å². The highest BCUT2D eigenvalue weighted by Gasteiger charge is 2.36. The zero-order valence-corrected chi connectivity index (χ0v) is 23.9. The van der Waals surface area contributed by atoms with Crippen molar-refractivity contribution >= 4 is 75.4 Å². The summed E-state index contributed by atoms with van der Waals surface area (Å²) >= 11 is 19.1. The Hall–Kier alpha value is -3.38. The zero-order chi connectivity index (χ0) is 29.9. The largest absolute Gasteiger partial charge is 0.493 e. The van der Waals surface area contributed by atoms with Crippen molar-refractivity contribution in [3.05, 3.63) is 91.3 Å². The van der Waals surface area contributed by atoms with Crippen LogP contribution >= 0.6 is 46.6 Å². The Morgan fingerprint density at radius 1 is 1.05 bits per heavy atom. The van der Waals surface area contributed by atoms with E-state index in [1.807, 2.05) is 0 Å². The van der Waals surface area contributed by atoms with Gasteiger partial charge in [-0.25, -0.2) is 0 Å². The number of halogens is 6. The number of methoxy groups -OCH3 is 1. The second-order valence-corrected chi connectivity index (χ2v) is 10.7. The summed E-state index contributed by atoms with van der Waals surface area (Å²) in [6.45, 7) is -0.630. The maximum atomic E-state index is 12.9. The van der Waals surface area contributed by atoms with Gasteiger partial charge < -0.3 is 14.8 Å². The van der Waals surface area contributed by atoms with Crippen molar-refractivity contribution in [1.82, 2.24) is 4.90 Å². The lowest BCUT2D eigenvalue weighted by molar-refractivity contribution is -0.137. The molecule has 14 heteroatoms. The van der Waals surface area contributed by atoms with Crippen molar-refractivity contribution in [2.24, 2.45) is 0 Å². The fourth-order valence-electron chi connectivity index (χ4n) is 3.66. The van der Waals surface area contributed by atoms with Crippen molar-refractivity contribution in [2.45, 2.75) is 12.8 Å². The van der Waals surface area contributed by atoms with Gasteiger partial charge in [-0.3, -0.25) is 19.3 Å². The number of carbonyl (C=O) groups is 3. The van der Waals surface area contributed by atoms with E-state index in [-0.39, 0.29) is 33.7 Å². The maximum absolute atomic E-state index is 12.9. The second kappa shape index (κ2) is 12.6. The van der Waals surface area contributed by atoms with Crippen LogP contribution in [0.25, 0.3) is 6.08 Å². The normalized spacial score (nSPS) is 14.5. The fraction of sp³-hybridized carbons (Fsp3) is 0.148. The Morgan fingerprint density at radius 2 is 1.80 bits per heavy atom. The minimum Gasteiger partial charge on any atom is -0.493 e. The first-order valence-corrected chi connectivity index (χ1v) is 13.5. The SMILES string of the molecule is COc1cc(/C=C2\SC(=O)N(CC(=O)Nc3cccc(C(F)(F)F)c3)C2=O)cc(Cl)c1OCc1ccc(Cl)cc1Cl. The molecule has 1 N–H and O–H groups in total. The van der Waals surface area contributed by atoms with E-state index in [0.717, 1.165) is 18.2 Å². The van der Waals surface area contributed by atoms with Crippen LogP contribution in [0.4, 0.5) is 23.7 Å². The highest BCUT2D eigenvalue weighted by atomic mass is 35.5. The minimum atomic E-state index is -4.60. The number of nitrogens with one attached hydrogen (secondary N) is 1. The summed E-state index contributed by atoms with van der Waals surface area (Å²) in [6, 6.07) is 12.0. The molecule has 4 rings (SSSR count). The van der Waals surface area contributed by atoms with Crippen molar-refractivity contribution < 1.29 is 37.0 Å². The van der Waals surface area contributed by atoms with E-state index >= 15 is 0 Å². The Kier molecular flexibility index (Phi) is 9.43. The van der Waals surface area contributed by atoms with Crippen molar-refractivity contribution in [2.75, 3.05) is 19.0 Å². The fourth-order valence-corrected chi connectivity index (χ4v) is 5.23. The van der Waals surface area contributed by atoms with Crippen LogP contribution in [0.15, 0.2) is 59.5 Å². The summed E-state index contributed by atoms with van der Waals surface area (Å²) in [5, 5.41) is 2.58. The van der Waals surface area contributed by atoms with Crippen LogP contribution in [0, 0.1) is 0 Å². The van der Waals surface area contributed by atoms with Gasteiger partial charge in [0.15, 0.2) is 11.5 Å². The summed E-state index contributed by atoms with van der Waals surface area (Å²) in [6.07, 6.45) is -3.21. The predicted octanol–water partition coefficient (Wildman–Crippen LogP) is 7.93. The highest BCUT2D eigenvalue weighted by Crippen LogP contribution is 2.40. The number of anilines is 1. The number of thioether (sulfide) groups is 1. The molecule has 0 aromatic heterocycles. The molecule has 3 amide bonds. The molecule has 3 aromatic rings. The summed E-state index contributed by atoms with van der Waals surface area (Å²) in [5.74, 6) is -1.14. The number of amides is 3. The number of carbonyl (C=O) groups excluding carboxylic acids is 3. The van der Waals surface area contributed by atoms with Gasteiger partial charge in [-0.05, 0) is 65.9 Å². The van der Waals surface area contributed by atoms with E-state index in [4.69, 9.17) is 44.3 Å². The molecule has 0 radical (unpaired) electrons. The van der Waals surface area contributed by atoms with Crippen LogP contribution in [-0.2, 0) is 22.4 Å². The Bertz CT molecular complexity index is 1570. The van der Waals surface area contributed by atoms with Crippen LogP contribution < -0.4 is 14.8 Å². The molecule has 7 nitrogen and oxygen atoms in total. The standard InChI is InChI=1S/C27H18Cl3F3N2O5S/c1-39-21-8-14(7-20(30)24(21)40-13-15-5-6-17(28)11-19(15)29)9-22-25(37)35(26(38)41-22)12-23(36)34-18-4-2-3-16(10-18)27(31,32)33/h2-11H,12-13H2,1H3,(H,34,36)/b22-9-. The number of imide groups is 1. The number of rotatable bonds is 8. The minimum absolute atomic E-state index is 0.00148. The number of nitrogens with zero attached hydrogens (tertiary/aromatic N) is 1. The molecule has 0 bridgehead atoms. The van der Waals surface area contributed by atoms with Gasteiger partial charge in [-0.1, -0.05) is 46.9 Å². The van der Waals surface area contributed by atoms with Gasteiger partial charge in [0.1, 0.15) is 13.2 Å². The number of benzene rings is 3. The van der Waals surface area contributed by atoms with E-state index in [0.29, 0.717) is 37.8 Å². The van der Waals surface area contributed by atoms with Crippen molar-refractivity contribution in [3.8, 4) is 11.5 Å². The second-order valence-electron chi connectivity index (χ2n) is 8.45. The van der Waals surface area contributed by atoms with Gasteiger partial charge in [-0.2, -0.15) is 13.2 Å². The predicted molar refractivity (Wildman–Crippen MR) is 152 cm³/mol. The molecule has 3 aromatic carbocycles. The van der Waals surface area contributed by atoms with Crippen molar-refractivity contribution in [1.29, 1.82) is 0 Å². The van der Waals surface area contributed by atoms with Crippen LogP contribution in [0.5, 0.6) is 11.5 Å². The quantitative estimate of drug-likeness (QED) is 0.251. The third-order valence-electron chi connectivity index (χ3n) is 5.59. The van der Waals surface area contributed by atoms with Gasteiger partial charge in [0.05, 0.1) is 22.6 Å². The molecule has 0 spiro atoms. The smallest absolute Gasteiger partial charge is 0.416 e. The molecule has 0 aliphatic carbocycles. The van der Waals surface area contributed by atoms with Gasteiger partial charge in [0.2, 0.25) is 5.91 Å². The summed E-state index contributed by atoms with van der Waals surface area (Å²) in [7, 11) is 1.40. The average Bonchev–Trinajstić information content (AvgIpc) is 3.15. The van der Waals surface area contributed by atoms with E-state index in [9.17, 15) is 27.6 Å². The van der Waals surface area contributed by atoms with Gasteiger partial charge >= 0.3 is 6.18 Å². The molecule has 1 heterocycles. The lowest BCUT2D eigenvalue weighted by Gasteiger charge is -2.14. The molecule has 1 aliphatic heterocycles. The Balaban J connectivity index is 1.46. The lowest BCUT2D eigenvalue weighted by Crippen LogP contribution is -2.36. The Labute approximate surface area is 251 Å². The van der Waals surface area contributed by atoms with Crippen LogP contribution in [0.1, 0.15) is 16.7 Å². The number of hydrogen-bond donors (Lipinski definition) is 1. The summed E-state index contributed by atoms with van der Waals surface area (Å²) in [5.41, 5.74) is -0.0231. The Morgan fingerprint density at radius 3 is 2.49 bits per heavy atom. The first-order valence-electron chi connectivity index (χ1n) is 11.5. The first-order chi connectivity index (χ1) is 19.3. The topological polar surface area (TPSA) is 84.9 Å². The lowest BCUT2D eigenvalue weighted by atomic mass is 10.1. The number of ether oxygens (including phenoxy) is 2. The molecule has 0 unspecified atom stereocenters. The molecule has 41 heavy (non-hydrogen) atoms. The third kappa shape index (κ3) is 7.48. The first kappa shape index (κ1) is 30.6. The van der Waals surface area contributed by atoms with Crippen molar-refractivity contribution in [3.63, 3.8) is 0 Å². The van der Waals surface area contributed by atoms with Crippen LogP contribution in [0.3, 0.4) is 0 Å². The molecular formula is C27H18Cl3F3N2O5S. The molecule has 1 saturated heterocycles. The van der Waals surface area contributed by atoms with Gasteiger partial charge in [0.25, 0.3) is 11.1 Å².